The van der Waals surface area contributed by atoms with Gasteiger partial charge in [-0.15, -0.1) is 0 Å². The van der Waals surface area contributed by atoms with Crippen LogP contribution < -0.4 is 11.1 Å². The topological polar surface area (TPSA) is 38.0 Å². The van der Waals surface area contributed by atoms with Crippen molar-refractivity contribution in [2.24, 2.45) is 17.6 Å². The Morgan fingerprint density at radius 1 is 1.17 bits per heavy atom. The molecule has 0 aromatic heterocycles. The van der Waals surface area contributed by atoms with Crippen molar-refractivity contribution in [1.29, 1.82) is 0 Å². The molecule has 1 saturated heterocycles. The average molecular weight is 270 g/mol. The van der Waals surface area contributed by atoms with Gasteiger partial charge in [-0.25, -0.2) is 0 Å². The molecule has 18 heavy (non-hydrogen) atoms. The van der Waals surface area contributed by atoms with E-state index >= 15 is 0 Å². The summed E-state index contributed by atoms with van der Waals surface area (Å²) in [7, 11) is 0. The fourth-order valence-electron chi connectivity index (χ4n) is 3.51. The highest BCUT2D eigenvalue weighted by Gasteiger charge is 2.34. The minimum atomic E-state index is 0.401. The first-order chi connectivity index (χ1) is 8.48. The van der Waals surface area contributed by atoms with Crippen LogP contribution >= 0.6 is 11.8 Å². The molecule has 1 heterocycles. The Bertz CT molecular complexity index is 254. The normalized spacial score (nSPS) is 38.0. The quantitative estimate of drug-likeness (QED) is 0.828. The third-order valence-electron chi connectivity index (χ3n) is 4.44. The van der Waals surface area contributed by atoms with Gasteiger partial charge in [-0.1, -0.05) is 20.8 Å². The molecule has 1 aliphatic heterocycles. The maximum Gasteiger partial charge on any atom is 0.0192 e. The number of thioether (sulfide) groups is 1. The SMILES string of the molecule is CC(C)(C)SC1CNC(C2CCC(CN)CC2)C1. The first-order valence-corrected chi connectivity index (χ1v) is 8.47. The van der Waals surface area contributed by atoms with Crippen LogP contribution in [0.4, 0.5) is 0 Å². The van der Waals surface area contributed by atoms with Gasteiger partial charge in [0.25, 0.3) is 0 Å². The lowest BCUT2D eigenvalue weighted by molar-refractivity contribution is 0.236. The van der Waals surface area contributed by atoms with Crippen LogP contribution in [0.5, 0.6) is 0 Å². The maximum absolute atomic E-state index is 5.77. The van der Waals surface area contributed by atoms with Gasteiger partial charge in [-0.05, 0) is 50.5 Å². The van der Waals surface area contributed by atoms with E-state index in [4.69, 9.17) is 5.73 Å². The predicted octanol–water partition coefficient (Wildman–Crippen LogP) is 3.01. The third kappa shape index (κ3) is 4.14. The van der Waals surface area contributed by atoms with Gasteiger partial charge in [-0.3, -0.25) is 0 Å². The molecular formula is C15H30N2S. The molecule has 0 radical (unpaired) electrons. The Morgan fingerprint density at radius 2 is 1.83 bits per heavy atom. The molecule has 3 N–H and O–H groups in total. The van der Waals surface area contributed by atoms with Crippen molar-refractivity contribution in [2.75, 3.05) is 13.1 Å². The molecule has 3 heteroatoms. The first kappa shape index (κ1) is 14.7. The molecule has 1 saturated carbocycles. The minimum Gasteiger partial charge on any atom is -0.330 e. The van der Waals surface area contributed by atoms with Gasteiger partial charge < -0.3 is 11.1 Å². The summed E-state index contributed by atoms with van der Waals surface area (Å²) in [6.07, 6.45) is 6.88. The van der Waals surface area contributed by atoms with E-state index in [0.717, 1.165) is 29.7 Å². The second-order valence-corrected chi connectivity index (χ2v) is 9.25. The Hall–Kier alpha value is 0.270. The van der Waals surface area contributed by atoms with E-state index in [1.54, 1.807) is 0 Å². The molecule has 0 bridgehead atoms. The van der Waals surface area contributed by atoms with Crippen LogP contribution in [0.25, 0.3) is 0 Å². The Kier molecular flexibility index (Phi) is 5.01. The van der Waals surface area contributed by atoms with E-state index < -0.39 is 0 Å². The van der Waals surface area contributed by atoms with Gasteiger partial charge in [0.15, 0.2) is 0 Å². The largest absolute Gasteiger partial charge is 0.330 e. The van der Waals surface area contributed by atoms with Crippen LogP contribution in [-0.2, 0) is 0 Å². The number of rotatable bonds is 3. The Morgan fingerprint density at radius 3 is 2.39 bits per heavy atom. The van der Waals surface area contributed by atoms with Crippen molar-refractivity contribution in [1.82, 2.24) is 5.32 Å². The zero-order valence-corrected chi connectivity index (χ0v) is 13.1. The molecule has 2 fully saturated rings. The summed E-state index contributed by atoms with van der Waals surface area (Å²) in [6, 6.07) is 0.781. The predicted molar refractivity (Wildman–Crippen MR) is 82.0 cm³/mol. The molecule has 0 aromatic carbocycles. The van der Waals surface area contributed by atoms with Gasteiger partial charge in [0.1, 0.15) is 0 Å². The van der Waals surface area contributed by atoms with Crippen LogP contribution in [0.1, 0.15) is 52.9 Å². The zero-order chi connectivity index (χ0) is 13.2. The Balaban J connectivity index is 1.76. The van der Waals surface area contributed by atoms with Gasteiger partial charge in [0.05, 0.1) is 0 Å². The van der Waals surface area contributed by atoms with Crippen LogP contribution in [0.15, 0.2) is 0 Å². The molecule has 2 rings (SSSR count). The second kappa shape index (κ2) is 6.15. The first-order valence-electron chi connectivity index (χ1n) is 7.59. The van der Waals surface area contributed by atoms with Crippen molar-refractivity contribution in [3.8, 4) is 0 Å². The summed E-state index contributed by atoms with van der Waals surface area (Å²) in [5.41, 5.74) is 5.77. The standard InChI is InChI=1S/C15H30N2S/c1-15(2,3)18-13-8-14(17-10-13)12-6-4-11(9-16)5-7-12/h11-14,17H,4-10,16H2,1-3H3. The highest BCUT2D eigenvalue weighted by atomic mass is 32.2. The van der Waals surface area contributed by atoms with Crippen LogP contribution in [0.2, 0.25) is 0 Å². The van der Waals surface area contributed by atoms with Crippen LogP contribution in [-0.4, -0.2) is 29.1 Å². The van der Waals surface area contributed by atoms with Crippen LogP contribution in [0, 0.1) is 11.8 Å². The van der Waals surface area contributed by atoms with Crippen molar-refractivity contribution >= 4 is 11.8 Å². The molecule has 2 aliphatic rings. The van der Waals surface area contributed by atoms with E-state index in [2.05, 4.69) is 37.8 Å². The van der Waals surface area contributed by atoms with E-state index in [1.165, 1.54) is 38.6 Å². The lowest BCUT2D eigenvalue weighted by atomic mass is 9.78. The molecule has 2 nitrogen and oxygen atoms in total. The van der Waals surface area contributed by atoms with Crippen molar-refractivity contribution in [3.05, 3.63) is 0 Å². The summed E-state index contributed by atoms with van der Waals surface area (Å²) in [5.74, 6) is 1.72. The zero-order valence-electron chi connectivity index (χ0n) is 12.2. The fourth-order valence-corrected chi connectivity index (χ4v) is 4.99. The number of nitrogens with two attached hydrogens (primary N) is 1. The molecule has 0 spiro atoms. The number of nitrogens with one attached hydrogen (secondary N) is 1. The maximum atomic E-state index is 5.77. The second-order valence-electron chi connectivity index (χ2n) is 7.12. The summed E-state index contributed by atoms with van der Waals surface area (Å²) in [4.78, 5) is 0. The molecule has 0 amide bonds. The summed E-state index contributed by atoms with van der Waals surface area (Å²) < 4.78 is 0.401. The van der Waals surface area contributed by atoms with Crippen molar-refractivity contribution in [2.45, 2.75) is 68.9 Å². The minimum absolute atomic E-state index is 0.401. The third-order valence-corrected chi connectivity index (χ3v) is 5.84. The van der Waals surface area contributed by atoms with Crippen molar-refractivity contribution in [3.63, 3.8) is 0 Å². The number of hydrogen-bond acceptors (Lipinski definition) is 3. The van der Waals surface area contributed by atoms with Crippen molar-refractivity contribution < 1.29 is 0 Å². The van der Waals surface area contributed by atoms with Gasteiger partial charge in [-0.2, -0.15) is 11.8 Å². The summed E-state index contributed by atoms with van der Waals surface area (Å²) in [5, 5.41) is 4.60. The van der Waals surface area contributed by atoms with Crippen LogP contribution in [0.3, 0.4) is 0 Å². The lowest BCUT2D eigenvalue weighted by Gasteiger charge is -2.32. The molecule has 1 aliphatic carbocycles. The molecular weight excluding hydrogens is 240 g/mol. The molecule has 0 aromatic rings. The highest BCUT2D eigenvalue weighted by Crippen LogP contribution is 2.38. The highest BCUT2D eigenvalue weighted by molar-refractivity contribution is 8.01. The average Bonchev–Trinajstić information content (AvgIpc) is 2.75. The molecule has 2 unspecified atom stereocenters. The fraction of sp³-hybridized carbons (Fsp3) is 1.00. The molecule has 2 atom stereocenters. The van der Waals surface area contributed by atoms with Gasteiger partial charge in [0.2, 0.25) is 0 Å². The number of hydrogen-bond donors (Lipinski definition) is 2. The lowest BCUT2D eigenvalue weighted by Crippen LogP contribution is -2.34. The van der Waals surface area contributed by atoms with E-state index in [1.807, 2.05) is 0 Å². The van der Waals surface area contributed by atoms with E-state index in [9.17, 15) is 0 Å². The van der Waals surface area contributed by atoms with Gasteiger partial charge >= 0.3 is 0 Å². The summed E-state index contributed by atoms with van der Waals surface area (Å²) >= 11 is 2.15. The molecule has 106 valence electrons. The Labute approximate surface area is 117 Å². The smallest absolute Gasteiger partial charge is 0.0192 e. The van der Waals surface area contributed by atoms with Gasteiger partial charge in [0, 0.05) is 22.6 Å². The monoisotopic (exact) mass is 270 g/mol. The summed E-state index contributed by atoms with van der Waals surface area (Å²) in [6.45, 7) is 9.10. The van der Waals surface area contributed by atoms with E-state index in [-0.39, 0.29) is 0 Å². The van der Waals surface area contributed by atoms with E-state index in [0.29, 0.717) is 4.75 Å².